The Morgan fingerprint density at radius 2 is 1.86 bits per heavy atom. The zero-order valence-electron chi connectivity index (χ0n) is 19.6. The Bertz CT molecular complexity index is 1380. The molecule has 2 aliphatic rings. The van der Waals surface area contributed by atoms with E-state index in [1.165, 1.54) is 5.56 Å². The Hall–Kier alpha value is -3.51. The van der Waals surface area contributed by atoms with Gasteiger partial charge in [0.15, 0.2) is 11.4 Å². The fourth-order valence-corrected chi connectivity index (χ4v) is 4.99. The number of piperidine rings is 1. The average molecular weight is 469 g/mol. The van der Waals surface area contributed by atoms with Crippen molar-refractivity contribution in [2.24, 2.45) is 0 Å². The predicted octanol–water partition coefficient (Wildman–Crippen LogP) is 3.61. The highest BCUT2D eigenvalue weighted by molar-refractivity contribution is 6.10. The van der Waals surface area contributed by atoms with Gasteiger partial charge in [-0.15, -0.1) is 0 Å². The zero-order chi connectivity index (χ0) is 23.6. The summed E-state index contributed by atoms with van der Waals surface area (Å²) in [6.07, 6.45) is 5.47. The minimum atomic E-state index is 0.0656. The monoisotopic (exact) mass is 468 g/mol. The number of hydrogen-bond donors (Lipinski definition) is 2. The lowest BCUT2D eigenvalue weighted by Crippen LogP contribution is -2.35. The van der Waals surface area contributed by atoms with E-state index in [-0.39, 0.29) is 6.10 Å². The Labute approximate surface area is 203 Å². The highest BCUT2D eigenvalue weighted by Gasteiger charge is 2.22. The maximum absolute atomic E-state index is 9.75. The van der Waals surface area contributed by atoms with Crippen molar-refractivity contribution in [1.29, 1.82) is 5.26 Å². The van der Waals surface area contributed by atoms with Crippen molar-refractivity contribution in [2.75, 3.05) is 39.4 Å². The molecule has 5 heterocycles. The number of pyridine rings is 2. The van der Waals surface area contributed by atoms with E-state index >= 15 is 0 Å². The molecule has 0 atom stereocenters. The summed E-state index contributed by atoms with van der Waals surface area (Å²) in [7, 11) is 0. The Morgan fingerprint density at radius 1 is 1.06 bits per heavy atom. The van der Waals surface area contributed by atoms with Crippen LogP contribution >= 0.6 is 0 Å². The molecular formula is C27H28N6O2. The third-order valence-electron chi connectivity index (χ3n) is 6.92. The van der Waals surface area contributed by atoms with E-state index in [9.17, 15) is 5.26 Å². The first kappa shape index (κ1) is 22.0. The lowest BCUT2D eigenvalue weighted by molar-refractivity contribution is 0.0342. The molecule has 35 heavy (non-hydrogen) atoms. The molecule has 2 fully saturated rings. The number of aromatic nitrogens is 3. The van der Waals surface area contributed by atoms with Crippen LogP contribution < -0.4 is 10.1 Å². The number of nitrogens with one attached hydrogen (secondary N) is 2. The second-order valence-electron chi connectivity index (χ2n) is 9.23. The van der Waals surface area contributed by atoms with Crippen LogP contribution in [0, 0.1) is 11.3 Å². The summed E-state index contributed by atoms with van der Waals surface area (Å²) in [5, 5.41) is 14.9. The van der Waals surface area contributed by atoms with Gasteiger partial charge in [-0.1, -0.05) is 24.3 Å². The lowest BCUT2D eigenvalue weighted by atomic mass is 10.0. The molecule has 8 heteroatoms. The number of fused-ring (bicyclic) bond motifs is 3. The third kappa shape index (κ3) is 4.46. The molecule has 2 saturated heterocycles. The molecule has 2 N–H and O–H groups in total. The van der Waals surface area contributed by atoms with Gasteiger partial charge in [-0.05, 0) is 43.1 Å². The number of ether oxygens (including phenoxy) is 2. The van der Waals surface area contributed by atoms with E-state index in [1.807, 2.05) is 6.20 Å². The molecule has 6 rings (SSSR count). The topological polar surface area (TPSA) is 99.1 Å². The fraction of sp³-hybridized carbons (Fsp3) is 0.370. The van der Waals surface area contributed by atoms with Gasteiger partial charge in [-0.25, -0.2) is 9.97 Å². The summed E-state index contributed by atoms with van der Waals surface area (Å²) < 4.78 is 11.9. The van der Waals surface area contributed by atoms with Crippen LogP contribution in [0.5, 0.6) is 5.75 Å². The number of H-pyrrole nitrogens is 1. The summed E-state index contributed by atoms with van der Waals surface area (Å²) >= 11 is 0. The SMILES string of the molecule is N#Cc1ncc2[nH]c3ncc(-c4ccc(CN5CCOCC5)cc4)cc3c2c1OC1CCNCC1. The van der Waals surface area contributed by atoms with Crippen LogP contribution in [0.4, 0.5) is 0 Å². The summed E-state index contributed by atoms with van der Waals surface area (Å²) in [5.41, 5.74) is 5.33. The van der Waals surface area contributed by atoms with Crippen molar-refractivity contribution in [3.63, 3.8) is 0 Å². The number of rotatable bonds is 5. The van der Waals surface area contributed by atoms with Crippen LogP contribution in [-0.4, -0.2) is 65.3 Å². The molecule has 4 aromatic rings. The third-order valence-corrected chi connectivity index (χ3v) is 6.92. The second-order valence-corrected chi connectivity index (χ2v) is 9.23. The zero-order valence-corrected chi connectivity index (χ0v) is 19.6. The van der Waals surface area contributed by atoms with Crippen LogP contribution in [0.15, 0.2) is 42.7 Å². The molecule has 178 valence electrons. The molecule has 0 aliphatic carbocycles. The van der Waals surface area contributed by atoms with Crippen LogP contribution in [0.2, 0.25) is 0 Å². The van der Waals surface area contributed by atoms with Crippen molar-refractivity contribution in [3.05, 3.63) is 54.0 Å². The quantitative estimate of drug-likeness (QED) is 0.462. The van der Waals surface area contributed by atoms with Crippen LogP contribution in [-0.2, 0) is 11.3 Å². The Kier molecular flexibility index (Phi) is 6.05. The van der Waals surface area contributed by atoms with Gasteiger partial charge in [0.05, 0.1) is 30.3 Å². The molecule has 2 aliphatic heterocycles. The number of aromatic amines is 1. The molecule has 0 saturated carbocycles. The first-order chi connectivity index (χ1) is 17.3. The largest absolute Gasteiger partial charge is 0.487 e. The molecular weight excluding hydrogens is 440 g/mol. The molecule has 3 aromatic heterocycles. The predicted molar refractivity (Wildman–Crippen MR) is 134 cm³/mol. The maximum Gasteiger partial charge on any atom is 0.183 e. The van der Waals surface area contributed by atoms with Crippen molar-refractivity contribution in [1.82, 2.24) is 25.2 Å². The maximum atomic E-state index is 9.75. The van der Waals surface area contributed by atoms with E-state index in [1.54, 1.807) is 6.20 Å². The van der Waals surface area contributed by atoms with Gasteiger partial charge < -0.3 is 19.8 Å². The van der Waals surface area contributed by atoms with Gasteiger partial charge in [-0.3, -0.25) is 4.90 Å². The Balaban J connectivity index is 1.35. The van der Waals surface area contributed by atoms with Crippen molar-refractivity contribution in [3.8, 4) is 22.9 Å². The number of nitriles is 1. The minimum absolute atomic E-state index is 0.0656. The van der Waals surface area contributed by atoms with Crippen LogP contribution in [0.3, 0.4) is 0 Å². The molecule has 0 bridgehead atoms. The van der Waals surface area contributed by atoms with Gasteiger partial charge in [0.2, 0.25) is 0 Å². The number of nitrogens with zero attached hydrogens (tertiary/aromatic N) is 4. The van der Waals surface area contributed by atoms with Gasteiger partial charge in [0.25, 0.3) is 0 Å². The van der Waals surface area contributed by atoms with Gasteiger partial charge in [0.1, 0.15) is 17.8 Å². The van der Waals surface area contributed by atoms with Crippen molar-refractivity contribution in [2.45, 2.75) is 25.5 Å². The standard InChI is InChI=1S/C27H28N6O2/c28-14-23-26(35-21-5-7-29-8-6-21)25-22-13-20(15-31-27(22)32-24(25)16-30-23)19-3-1-18(2-4-19)17-33-9-11-34-12-10-33/h1-4,13,15-16,21,29H,5-12,17H2,(H,31,32). The summed E-state index contributed by atoms with van der Waals surface area (Å²) in [5.74, 6) is 0.558. The first-order valence-electron chi connectivity index (χ1n) is 12.3. The van der Waals surface area contributed by atoms with E-state index in [0.29, 0.717) is 11.4 Å². The van der Waals surface area contributed by atoms with Crippen LogP contribution in [0.1, 0.15) is 24.1 Å². The summed E-state index contributed by atoms with van der Waals surface area (Å²) in [4.78, 5) is 14.8. The van der Waals surface area contributed by atoms with Crippen molar-refractivity contribution < 1.29 is 9.47 Å². The lowest BCUT2D eigenvalue weighted by Gasteiger charge is -2.26. The molecule has 1 aromatic carbocycles. The molecule has 0 spiro atoms. The van der Waals surface area contributed by atoms with Gasteiger partial charge in [0, 0.05) is 36.8 Å². The molecule has 0 unspecified atom stereocenters. The highest BCUT2D eigenvalue weighted by atomic mass is 16.5. The Morgan fingerprint density at radius 3 is 2.63 bits per heavy atom. The van der Waals surface area contributed by atoms with Crippen LogP contribution in [0.25, 0.3) is 33.1 Å². The second kappa shape index (κ2) is 9.62. The van der Waals surface area contributed by atoms with E-state index in [4.69, 9.17) is 14.5 Å². The number of morpholine rings is 1. The molecule has 0 radical (unpaired) electrons. The molecule has 8 nitrogen and oxygen atoms in total. The normalized spacial score (nSPS) is 17.6. The van der Waals surface area contributed by atoms with Gasteiger partial charge in [-0.2, -0.15) is 5.26 Å². The summed E-state index contributed by atoms with van der Waals surface area (Å²) in [6.45, 7) is 6.33. The van der Waals surface area contributed by atoms with E-state index in [2.05, 4.69) is 56.6 Å². The first-order valence-corrected chi connectivity index (χ1v) is 12.3. The highest BCUT2D eigenvalue weighted by Crippen LogP contribution is 2.37. The average Bonchev–Trinajstić information content (AvgIpc) is 3.29. The van der Waals surface area contributed by atoms with Crippen molar-refractivity contribution >= 4 is 21.9 Å². The number of benzene rings is 1. The molecule has 0 amide bonds. The minimum Gasteiger partial charge on any atom is -0.487 e. The van der Waals surface area contributed by atoms with Gasteiger partial charge >= 0.3 is 0 Å². The van der Waals surface area contributed by atoms with E-state index < -0.39 is 0 Å². The smallest absolute Gasteiger partial charge is 0.183 e. The number of hydrogen-bond acceptors (Lipinski definition) is 7. The van der Waals surface area contributed by atoms with E-state index in [0.717, 1.165) is 91.8 Å². The fourth-order valence-electron chi connectivity index (χ4n) is 4.99. The summed E-state index contributed by atoms with van der Waals surface area (Å²) in [6, 6.07) is 13.0.